The molecule has 0 radical (unpaired) electrons. The summed E-state index contributed by atoms with van der Waals surface area (Å²) in [6.45, 7) is 1.28. The zero-order valence-electron chi connectivity index (χ0n) is 11.8. The van der Waals surface area contributed by atoms with Crippen molar-refractivity contribution in [3.05, 3.63) is 42.5 Å². The fraction of sp³-hybridized carbons (Fsp3) is 0.286. The first-order chi connectivity index (χ1) is 10.6. The number of nitrogens with one attached hydrogen (secondary N) is 1. The summed E-state index contributed by atoms with van der Waals surface area (Å²) in [5.41, 5.74) is 5.81. The highest BCUT2D eigenvalue weighted by Crippen LogP contribution is 2.21. The van der Waals surface area contributed by atoms with E-state index in [4.69, 9.17) is 5.73 Å². The minimum Gasteiger partial charge on any atom is -0.364 e. The molecule has 3 N–H and O–H groups in total. The largest absolute Gasteiger partial charge is 0.364 e. The van der Waals surface area contributed by atoms with Crippen LogP contribution < -0.4 is 11.1 Å². The van der Waals surface area contributed by atoms with Crippen molar-refractivity contribution >= 4 is 17.6 Å². The lowest BCUT2D eigenvalue weighted by Crippen LogP contribution is -2.33. The second kappa shape index (κ2) is 5.84. The number of aromatic nitrogens is 3. The fourth-order valence-corrected chi connectivity index (χ4v) is 2.45. The van der Waals surface area contributed by atoms with Crippen molar-refractivity contribution in [1.82, 2.24) is 19.7 Å². The third-order valence-electron chi connectivity index (χ3n) is 3.62. The summed E-state index contributed by atoms with van der Waals surface area (Å²) in [5, 5.41) is 6.97. The Kier molecular flexibility index (Phi) is 3.73. The monoisotopic (exact) mass is 300 g/mol. The van der Waals surface area contributed by atoms with Crippen LogP contribution in [0.3, 0.4) is 0 Å². The number of nitrogens with two attached hydrogens (primary N) is 1. The Morgan fingerprint density at radius 1 is 1.36 bits per heavy atom. The van der Waals surface area contributed by atoms with Gasteiger partial charge in [-0.1, -0.05) is 0 Å². The predicted molar refractivity (Wildman–Crippen MR) is 79.2 cm³/mol. The SMILES string of the molecule is NC(=O)c1ccc(NC(=O)N2CCC(n3cccn3)C2)cn1. The van der Waals surface area contributed by atoms with Gasteiger partial charge in [-0.3, -0.25) is 9.48 Å². The Hall–Kier alpha value is -2.90. The molecule has 0 aliphatic carbocycles. The van der Waals surface area contributed by atoms with Gasteiger partial charge in [0, 0.05) is 25.5 Å². The number of likely N-dealkylation sites (tertiary alicyclic amines) is 1. The van der Waals surface area contributed by atoms with Crippen molar-refractivity contribution in [2.75, 3.05) is 18.4 Å². The molecule has 2 aromatic rings. The fourth-order valence-electron chi connectivity index (χ4n) is 2.45. The van der Waals surface area contributed by atoms with E-state index >= 15 is 0 Å². The smallest absolute Gasteiger partial charge is 0.321 e. The maximum absolute atomic E-state index is 12.2. The summed E-state index contributed by atoms with van der Waals surface area (Å²) in [6.07, 6.45) is 5.92. The molecule has 8 heteroatoms. The van der Waals surface area contributed by atoms with Crippen molar-refractivity contribution in [2.45, 2.75) is 12.5 Å². The average Bonchev–Trinajstić information content (AvgIpc) is 3.19. The van der Waals surface area contributed by atoms with E-state index in [1.54, 1.807) is 17.2 Å². The quantitative estimate of drug-likeness (QED) is 0.876. The van der Waals surface area contributed by atoms with Gasteiger partial charge in [0.05, 0.1) is 17.9 Å². The number of urea groups is 1. The molecule has 1 unspecified atom stereocenters. The van der Waals surface area contributed by atoms with Gasteiger partial charge in [-0.2, -0.15) is 5.10 Å². The van der Waals surface area contributed by atoms with E-state index in [2.05, 4.69) is 15.4 Å². The van der Waals surface area contributed by atoms with Gasteiger partial charge in [-0.05, 0) is 24.6 Å². The Morgan fingerprint density at radius 2 is 2.23 bits per heavy atom. The highest BCUT2D eigenvalue weighted by Gasteiger charge is 2.27. The molecule has 1 aliphatic heterocycles. The maximum Gasteiger partial charge on any atom is 0.321 e. The number of amides is 3. The lowest BCUT2D eigenvalue weighted by molar-refractivity contribution is 0.0995. The van der Waals surface area contributed by atoms with Gasteiger partial charge in [0.2, 0.25) is 0 Å². The van der Waals surface area contributed by atoms with Gasteiger partial charge in [-0.15, -0.1) is 0 Å². The van der Waals surface area contributed by atoms with Crippen LogP contribution in [0.2, 0.25) is 0 Å². The molecule has 3 amide bonds. The Balaban J connectivity index is 1.59. The first-order valence-electron chi connectivity index (χ1n) is 6.94. The average molecular weight is 300 g/mol. The van der Waals surface area contributed by atoms with E-state index < -0.39 is 5.91 Å². The molecule has 8 nitrogen and oxygen atoms in total. The normalized spacial score (nSPS) is 17.5. The van der Waals surface area contributed by atoms with Gasteiger partial charge in [0.15, 0.2) is 0 Å². The first kappa shape index (κ1) is 14.1. The third kappa shape index (κ3) is 2.90. The zero-order chi connectivity index (χ0) is 15.5. The number of carbonyl (C=O) groups is 2. The van der Waals surface area contributed by atoms with E-state index in [9.17, 15) is 9.59 Å². The molecule has 114 valence electrons. The standard InChI is InChI=1S/C14H16N6O2/c15-13(21)12-3-2-10(8-16-12)18-14(22)19-7-4-11(9-19)20-6-1-5-17-20/h1-3,5-6,8,11H,4,7,9H2,(H2,15,21)(H,18,22). The van der Waals surface area contributed by atoms with Crippen molar-refractivity contribution in [3.8, 4) is 0 Å². The summed E-state index contributed by atoms with van der Waals surface area (Å²) in [4.78, 5) is 28.8. The highest BCUT2D eigenvalue weighted by molar-refractivity contribution is 5.92. The molecule has 0 bridgehead atoms. The van der Waals surface area contributed by atoms with E-state index in [0.717, 1.165) is 6.42 Å². The number of carbonyl (C=O) groups excluding carboxylic acids is 2. The van der Waals surface area contributed by atoms with Gasteiger partial charge in [0.25, 0.3) is 5.91 Å². The van der Waals surface area contributed by atoms with E-state index in [0.29, 0.717) is 18.8 Å². The van der Waals surface area contributed by atoms with Crippen molar-refractivity contribution < 1.29 is 9.59 Å². The van der Waals surface area contributed by atoms with E-state index in [1.165, 1.54) is 12.3 Å². The molecule has 1 fully saturated rings. The summed E-state index contributed by atoms with van der Waals surface area (Å²) < 4.78 is 1.87. The highest BCUT2D eigenvalue weighted by atomic mass is 16.2. The van der Waals surface area contributed by atoms with E-state index in [-0.39, 0.29) is 17.8 Å². The zero-order valence-corrected chi connectivity index (χ0v) is 11.8. The minimum atomic E-state index is -0.598. The molecular formula is C14H16N6O2. The minimum absolute atomic E-state index is 0.165. The lowest BCUT2D eigenvalue weighted by atomic mass is 10.3. The van der Waals surface area contributed by atoms with Gasteiger partial charge >= 0.3 is 6.03 Å². The van der Waals surface area contributed by atoms with Crippen LogP contribution in [0, 0.1) is 0 Å². The number of nitrogens with zero attached hydrogens (tertiary/aromatic N) is 4. The summed E-state index contributed by atoms with van der Waals surface area (Å²) in [5.74, 6) is -0.598. The number of rotatable bonds is 3. The second-order valence-electron chi connectivity index (χ2n) is 5.10. The van der Waals surface area contributed by atoms with Gasteiger partial charge in [0.1, 0.15) is 5.69 Å². The molecule has 3 rings (SSSR count). The van der Waals surface area contributed by atoms with Crippen LogP contribution in [0.5, 0.6) is 0 Å². The van der Waals surface area contributed by atoms with Crippen molar-refractivity contribution in [3.63, 3.8) is 0 Å². The maximum atomic E-state index is 12.2. The molecule has 22 heavy (non-hydrogen) atoms. The number of hydrogen-bond donors (Lipinski definition) is 2. The predicted octanol–water partition coefficient (Wildman–Crippen LogP) is 0.856. The molecule has 1 saturated heterocycles. The molecule has 0 spiro atoms. The first-order valence-corrected chi connectivity index (χ1v) is 6.94. The van der Waals surface area contributed by atoms with E-state index in [1.807, 2.05) is 16.9 Å². The summed E-state index contributed by atoms with van der Waals surface area (Å²) in [7, 11) is 0. The number of primary amides is 1. The summed E-state index contributed by atoms with van der Waals surface area (Å²) >= 11 is 0. The van der Waals surface area contributed by atoms with Crippen molar-refractivity contribution in [2.24, 2.45) is 5.73 Å². The second-order valence-corrected chi connectivity index (χ2v) is 5.10. The summed E-state index contributed by atoms with van der Waals surface area (Å²) in [6, 6.07) is 4.97. The van der Waals surface area contributed by atoms with Crippen LogP contribution in [0.15, 0.2) is 36.8 Å². The third-order valence-corrected chi connectivity index (χ3v) is 3.62. The molecule has 1 aliphatic rings. The Bertz CT molecular complexity index is 667. The van der Waals surface area contributed by atoms with Crippen LogP contribution in [0.4, 0.5) is 10.5 Å². The van der Waals surface area contributed by atoms with Gasteiger partial charge in [-0.25, -0.2) is 9.78 Å². The molecule has 1 atom stereocenters. The molecule has 0 aromatic carbocycles. The molecule has 3 heterocycles. The molecule has 0 saturated carbocycles. The number of hydrogen-bond acceptors (Lipinski definition) is 4. The molecule has 2 aromatic heterocycles. The Labute approximate surface area is 126 Å². The van der Waals surface area contributed by atoms with Crippen LogP contribution in [-0.4, -0.2) is 44.7 Å². The van der Waals surface area contributed by atoms with Crippen LogP contribution in [0.1, 0.15) is 23.0 Å². The lowest BCUT2D eigenvalue weighted by Gasteiger charge is -2.17. The number of anilines is 1. The van der Waals surface area contributed by atoms with Crippen LogP contribution in [-0.2, 0) is 0 Å². The van der Waals surface area contributed by atoms with Gasteiger partial charge < -0.3 is 16.0 Å². The van der Waals surface area contributed by atoms with Crippen molar-refractivity contribution in [1.29, 1.82) is 0 Å². The molecular weight excluding hydrogens is 284 g/mol. The Morgan fingerprint density at radius 3 is 2.86 bits per heavy atom. The van der Waals surface area contributed by atoms with Crippen LogP contribution >= 0.6 is 0 Å². The number of pyridine rings is 1. The van der Waals surface area contributed by atoms with Crippen LogP contribution in [0.25, 0.3) is 0 Å². The topological polar surface area (TPSA) is 106 Å².